The zero-order valence-corrected chi connectivity index (χ0v) is 10.8. The summed E-state index contributed by atoms with van der Waals surface area (Å²) in [7, 11) is 0. The van der Waals surface area contributed by atoms with E-state index in [1.54, 1.807) is 0 Å². The van der Waals surface area contributed by atoms with Crippen LogP contribution in [0.4, 0.5) is 0 Å². The first kappa shape index (κ1) is 12.1. The molecule has 0 N–H and O–H groups in total. The SMILES string of the molecule is CCC(CC)C(C)(C)C1CCC(C)C1. The molecule has 0 spiro atoms. The molecular formula is C14H28. The Morgan fingerprint density at radius 2 is 1.71 bits per heavy atom. The monoisotopic (exact) mass is 196 g/mol. The van der Waals surface area contributed by atoms with Crippen LogP contribution in [-0.2, 0) is 0 Å². The summed E-state index contributed by atoms with van der Waals surface area (Å²) in [6.45, 7) is 12.1. The molecule has 1 saturated carbocycles. The Balaban J connectivity index is 2.63. The van der Waals surface area contributed by atoms with Gasteiger partial charge in [-0.3, -0.25) is 0 Å². The van der Waals surface area contributed by atoms with E-state index < -0.39 is 0 Å². The molecule has 0 aliphatic heterocycles. The van der Waals surface area contributed by atoms with E-state index in [1.165, 1.54) is 32.1 Å². The first-order chi connectivity index (χ1) is 6.52. The summed E-state index contributed by atoms with van der Waals surface area (Å²) < 4.78 is 0. The van der Waals surface area contributed by atoms with Gasteiger partial charge in [0.05, 0.1) is 0 Å². The van der Waals surface area contributed by atoms with Gasteiger partial charge < -0.3 is 0 Å². The molecule has 0 aromatic carbocycles. The van der Waals surface area contributed by atoms with Gasteiger partial charge in [-0.15, -0.1) is 0 Å². The third-order valence-electron chi connectivity index (χ3n) is 4.78. The van der Waals surface area contributed by atoms with Crippen molar-refractivity contribution in [2.24, 2.45) is 23.2 Å². The molecule has 1 fully saturated rings. The van der Waals surface area contributed by atoms with Crippen molar-refractivity contribution in [2.45, 2.75) is 66.7 Å². The maximum Gasteiger partial charge on any atom is -0.0298 e. The Morgan fingerprint density at radius 1 is 1.14 bits per heavy atom. The maximum atomic E-state index is 2.51. The van der Waals surface area contributed by atoms with Gasteiger partial charge >= 0.3 is 0 Å². The smallest absolute Gasteiger partial charge is 0.0298 e. The van der Waals surface area contributed by atoms with Gasteiger partial charge in [0.1, 0.15) is 0 Å². The molecule has 1 aliphatic rings. The lowest BCUT2D eigenvalue weighted by Gasteiger charge is -2.39. The third-order valence-corrected chi connectivity index (χ3v) is 4.78. The molecule has 2 atom stereocenters. The van der Waals surface area contributed by atoms with Gasteiger partial charge in [-0.25, -0.2) is 0 Å². The highest BCUT2D eigenvalue weighted by Crippen LogP contribution is 2.48. The molecular weight excluding hydrogens is 168 g/mol. The summed E-state index contributed by atoms with van der Waals surface area (Å²) in [4.78, 5) is 0. The first-order valence-electron chi connectivity index (χ1n) is 6.52. The second-order valence-corrected chi connectivity index (χ2v) is 5.95. The molecule has 2 unspecified atom stereocenters. The lowest BCUT2D eigenvalue weighted by molar-refractivity contribution is 0.107. The lowest BCUT2D eigenvalue weighted by Crippen LogP contribution is -2.30. The molecule has 0 aromatic heterocycles. The van der Waals surface area contributed by atoms with Crippen LogP contribution in [0.2, 0.25) is 0 Å². The van der Waals surface area contributed by atoms with Crippen LogP contribution in [-0.4, -0.2) is 0 Å². The molecule has 0 radical (unpaired) electrons. The fourth-order valence-electron chi connectivity index (χ4n) is 3.56. The molecule has 0 bridgehead atoms. The van der Waals surface area contributed by atoms with Gasteiger partial charge in [-0.05, 0) is 36.0 Å². The minimum atomic E-state index is 0.578. The zero-order chi connectivity index (χ0) is 10.8. The second kappa shape index (κ2) is 4.68. The Kier molecular flexibility index (Phi) is 4.04. The van der Waals surface area contributed by atoms with Crippen molar-refractivity contribution < 1.29 is 0 Å². The van der Waals surface area contributed by atoms with Crippen molar-refractivity contribution in [1.82, 2.24) is 0 Å². The Bertz CT molecular complexity index is 165. The molecule has 1 rings (SSSR count). The second-order valence-electron chi connectivity index (χ2n) is 5.95. The average Bonchev–Trinajstić information content (AvgIpc) is 2.54. The Labute approximate surface area is 90.5 Å². The number of hydrogen-bond acceptors (Lipinski definition) is 0. The predicted molar refractivity (Wildman–Crippen MR) is 64.4 cm³/mol. The van der Waals surface area contributed by atoms with Gasteiger partial charge in [0.25, 0.3) is 0 Å². The average molecular weight is 196 g/mol. The fourth-order valence-corrected chi connectivity index (χ4v) is 3.56. The van der Waals surface area contributed by atoms with Crippen LogP contribution in [0.5, 0.6) is 0 Å². The summed E-state index contributed by atoms with van der Waals surface area (Å²) in [5.74, 6) is 2.90. The molecule has 0 heterocycles. The van der Waals surface area contributed by atoms with E-state index in [0.29, 0.717) is 5.41 Å². The molecule has 0 nitrogen and oxygen atoms in total. The van der Waals surface area contributed by atoms with Crippen molar-refractivity contribution in [3.63, 3.8) is 0 Å². The van der Waals surface area contributed by atoms with Crippen LogP contribution in [0.15, 0.2) is 0 Å². The highest BCUT2D eigenvalue weighted by molar-refractivity contribution is 4.88. The van der Waals surface area contributed by atoms with Gasteiger partial charge in [0, 0.05) is 0 Å². The zero-order valence-electron chi connectivity index (χ0n) is 10.8. The van der Waals surface area contributed by atoms with Gasteiger partial charge in [-0.2, -0.15) is 0 Å². The third kappa shape index (κ3) is 2.32. The van der Waals surface area contributed by atoms with E-state index in [2.05, 4.69) is 34.6 Å². The molecule has 0 amide bonds. The highest BCUT2D eigenvalue weighted by Gasteiger charge is 2.38. The summed E-state index contributed by atoms with van der Waals surface area (Å²) in [6.07, 6.45) is 7.13. The van der Waals surface area contributed by atoms with E-state index in [1.807, 2.05) is 0 Å². The van der Waals surface area contributed by atoms with E-state index in [4.69, 9.17) is 0 Å². The van der Waals surface area contributed by atoms with Crippen LogP contribution >= 0.6 is 0 Å². The predicted octanol–water partition coefficient (Wildman–Crippen LogP) is 4.89. The maximum absolute atomic E-state index is 2.51. The van der Waals surface area contributed by atoms with Crippen LogP contribution in [0.1, 0.15) is 66.7 Å². The Morgan fingerprint density at radius 3 is 2.07 bits per heavy atom. The summed E-state index contributed by atoms with van der Waals surface area (Å²) in [6, 6.07) is 0. The molecule has 84 valence electrons. The van der Waals surface area contributed by atoms with E-state index in [-0.39, 0.29) is 0 Å². The van der Waals surface area contributed by atoms with Crippen LogP contribution < -0.4 is 0 Å². The summed E-state index contributed by atoms with van der Waals surface area (Å²) in [5, 5.41) is 0. The molecule has 1 aliphatic carbocycles. The highest BCUT2D eigenvalue weighted by atomic mass is 14.4. The largest absolute Gasteiger partial charge is 0.0651 e. The lowest BCUT2D eigenvalue weighted by atomic mass is 9.66. The minimum Gasteiger partial charge on any atom is -0.0651 e. The standard InChI is InChI=1S/C14H28/c1-6-12(7-2)14(4,5)13-9-8-11(3)10-13/h11-13H,6-10H2,1-5H3. The van der Waals surface area contributed by atoms with Crippen LogP contribution in [0.3, 0.4) is 0 Å². The van der Waals surface area contributed by atoms with Gasteiger partial charge in [0.2, 0.25) is 0 Å². The molecule has 0 saturated heterocycles. The van der Waals surface area contributed by atoms with E-state index >= 15 is 0 Å². The van der Waals surface area contributed by atoms with Crippen molar-refractivity contribution in [1.29, 1.82) is 0 Å². The number of hydrogen-bond donors (Lipinski definition) is 0. The first-order valence-corrected chi connectivity index (χ1v) is 6.52. The van der Waals surface area contributed by atoms with E-state index in [0.717, 1.165) is 17.8 Å². The van der Waals surface area contributed by atoms with Crippen molar-refractivity contribution >= 4 is 0 Å². The molecule has 14 heavy (non-hydrogen) atoms. The molecule has 0 aromatic rings. The van der Waals surface area contributed by atoms with Crippen molar-refractivity contribution in [3.05, 3.63) is 0 Å². The quantitative estimate of drug-likeness (QED) is 0.601. The van der Waals surface area contributed by atoms with Crippen LogP contribution in [0.25, 0.3) is 0 Å². The number of rotatable bonds is 4. The van der Waals surface area contributed by atoms with Crippen molar-refractivity contribution in [3.8, 4) is 0 Å². The topological polar surface area (TPSA) is 0 Å². The van der Waals surface area contributed by atoms with E-state index in [9.17, 15) is 0 Å². The summed E-state index contributed by atoms with van der Waals surface area (Å²) in [5.41, 5.74) is 0.578. The normalized spacial score (nSPS) is 28.7. The van der Waals surface area contributed by atoms with Crippen LogP contribution in [0, 0.1) is 23.2 Å². The van der Waals surface area contributed by atoms with Gasteiger partial charge in [0.15, 0.2) is 0 Å². The summed E-state index contributed by atoms with van der Waals surface area (Å²) >= 11 is 0. The molecule has 0 heteroatoms. The van der Waals surface area contributed by atoms with Crippen molar-refractivity contribution in [2.75, 3.05) is 0 Å². The van der Waals surface area contributed by atoms with Gasteiger partial charge in [-0.1, -0.05) is 53.9 Å². The Hall–Kier alpha value is 0. The fraction of sp³-hybridized carbons (Fsp3) is 1.00. The minimum absolute atomic E-state index is 0.578.